The lowest BCUT2D eigenvalue weighted by molar-refractivity contribution is -0.0565. The standard InChI is InChI=1S/C70H90N27O34P7S7/c1-28-12-91(68(101)86-56(28)71)45-7-34(40(119-45)16-112-133(106,140)126-32-5-48(118-31(32)4)94-24-82-52-57(72)76-21-79-60(52)94)127-136(109,143)116-19-43-37(10-50(123-43)96-26-84-54-59(74)78-23-81-62(54)96)130-138(111,145)115-18-42-35(8-46(121-42)92-13-29(2)64(98)89-69(92)102)128-135(108,142)114-17-41-36(9-47(120-41)93-14-30(3)65(99)90-70(93)103)129-137(110,144)117-20-44-38(11-51(124-44)97-27-85-55-63(97)87-67(75)88-66(55)100)131-134(107,141)113-15-39-33(125-132(104,105)139)6-49(122-39)95-25-83-53-58(73)77-22-80-61(53)95/h12-14,21-27,31-51H,5-11,15-20H2,1-4H3,(H,106,140)(H,107,141)(H,108,142)(H,109,143)(H,110,144)(H,111,145)(H2,71,86,101)(H2,72,76,79)(H2,73,77,80)(H2,74,78,81)(H,89,98,102)(H,90,99,103)(H2,104,105,139)(H3,75,87,88,100)/t31-,32-,33-,34-,35-,36-,37-,38-,39-,40-,41-,42-,43-,44-,45-,46-,47-,48-,49-,50-,51-,133?,134?,135?,136?,137?,138?/m1/s1. The summed E-state index contributed by atoms with van der Waals surface area (Å²) in [5.74, 6) is -0.197. The number of fused-ring (bicyclic) bond motifs is 4. The molecule has 0 radical (unpaired) electrons. The van der Waals surface area contributed by atoms with E-state index in [0.29, 0.717) is 16.7 Å². The Labute approximate surface area is 848 Å². The molecule has 7 fully saturated rings. The van der Waals surface area contributed by atoms with Crippen molar-refractivity contribution in [3.8, 4) is 0 Å². The number of nitrogens with one attached hydrogen (secondary N) is 3. The Morgan fingerprint density at radius 1 is 0.359 bits per heavy atom. The molecule has 11 aromatic heterocycles. The van der Waals surface area contributed by atoms with E-state index in [-0.39, 0.29) is 106 Å². The first-order chi connectivity index (χ1) is 68.4. The van der Waals surface area contributed by atoms with E-state index in [9.17, 15) is 63.0 Å². The molecule has 0 aromatic carbocycles. The topological polar surface area (TPSA) is 812 Å². The average Bonchev–Trinajstić information content (AvgIpc) is 1.67. The molecule has 145 heavy (non-hydrogen) atoms. The van der Waals surface area contributed by atoms with Gasteiger partial charge in [-0.3, -0.25) is 70.4 Å². The van der Waals surface area contributed by atoms with Crippen molar-refractivity contribution in [3.05, 3.63) is 142 Å². The number of H-pyrrole nitrogens is 3. The molecule has 61 nitrogen and oxygen atoms in total. The van der Waals surface area contributed by atoms with E-state index >= 15 is 4.57 Å². The molecule has 20 N–H and O–H groups in total. The lowest BCUT2D eigenvalue weighted by Crippen LogP contribution is -2.33. The molecule has 18 heterocycles. The molecule has 0 amide bonds. The highest BCUT2D eigenvalue weighted by Crippen LogP contribution is 2.61. The lowest BCUT2D eigenvalue weighted by Gasteiger charge is -2.28. The summed E-state index contributed by atoms with van der Waals surface area (Å²) in [6.07, 6.45) is -15.5. The quantitative estimate of drug-likeness (QED) is 0.0189. The zero-order valence-electron chi connectivity index (χ0n) is 75.2. The van der Waals surface area contributed by atoms with Crippen molar-refractivity contribution in [2.75, 3.05) is 68.3 Å². The Hall–Kier alpha value is -7.36. The van der Waals surface area contributed by atoms with Crippen molar-refractivity contribution in [1.29, 1.82) is 0 Å². The Kier molecular flexibility index (Phi) is 31.6. The maximum Gasteiger partial charge on any atom is 0.386 e. The predicted octanol–water partition coefficient (Wildman–Crippen LogP) is 0.992. The van der Waals surface area contributed by atoms with Crippen LogP contribution in [0.1, 0.15) is 112 Å². The fourth-order valence-electron chi connectivity index (χ4n) is 17.1. The SMILES string of the molecule is Cc1cn([C@H]2C[C@@H](OP(O)(=S)OC[C@H]3O[C@@H](n4cnc5c(N)ncnc54)C[C@H]3OP(=O)(S)OC[C@H]3O[C@@H](n4cc(C)c(=O)[nH]c4=O)C[C@H]3OP(O)(=S)OC[C@H]3O[C@@H](n4cc(C)c(=O)[nH]c4=O)C[C@H]3OP(O)(=S)OC[C@H]3O[C@@H](n4cnc5c(=O)[nH]c(N)nc54)C[C@H]3OP(O)(=S)OC[C@H]3O[C@@H](n4cnc5c(N)ncnc54)C[C@H]3OP(O)(O)=S)[C@@H](COP(O)(=S)O[C@@H]3C[C@H](n4cnc5c(N)ncnc54)O[C@@H]3C)O2)c(=O)nc1N. The number of rotatable bonds is 39. The second kappa shape index (κ2) is 42.7. The van der Waals surface area contributed by atoms with E-state index in [2.05, 4.69) is 87.0 Å². The molecule has 75 heteroatoms. The summed E-state index contributed by atoms with van der Waals surface area (Å²) < 4.78 is 147. The van der Waals surface area contributed by atoms with Gasteiger partial charge in [-0.1, -0.05) is 12.2 Å². The second-order valence-corrected chi connectivity index (χ2v) is 53.2. The highest BCUT2D eigenvalue weighted by molar-refractivity contribution is 8.44. The van der Waals surface area contributed by atoms with Gasteiger partial charge in [-0.2, -0.15) is 9.97 Å². The number of thiol groups is 1. The van der Waals surface area contributed by atoms with Crippen LogP contribution in [0.4, 0.5) is 29.2 Å². The lowest BCUT2D eigenvalue weighted by atomic mass is 10.2. The molecule has 7 saturated heterocycles. The number of nitrogen functional groups attached to an aromatic ring is 5. The smallest absolute Gasteiger partial charge is 0.383 e. The van der Waals surface area contributed by atoms with Crippen LogP contribution < -0.4 is 62.4 Å². The van der Waals surface area contributed by atoms with Gasteiger partial charge in [0.1, 0.15) is 128 Å². The average molecular weight is 2290 g/mol. The molecular weight excluding hydrogens is 2200 g/mol. The Morgan fingerprint density at radius 2 is 0.655 bits per heavy atom. The summed E-state index contributed by atoms with van der Waals surface area (Å²) in [7, 11) is 0. The maximum absolute atomic E-state index is 15.1. The summed E-state index contributed by atoms with van der Waals surface area (Å²) >= 11 is 37.3. The van der Waals surface area contributed by atoms with Crippen LogP contribution in [0.5, 0.6) is 0 Å². The van der Waals surface area contributed by atoms with Gasteiger partial charge in [0.25, 0.3) is 16.7 Å². The number of ether oxygens (including phenoxy) is 7. The van der Waals surface area contributed by atoms with Crippen molar-refractivity contribution in [2.24, 2.45) is 0 Å². The van der Waals surface area contributed by atoms with Gasteiger partial charge in [-0.15, -0.1) is 0 Å². The normalized spacial score (nSPS) is 29.3. The number of aromatic amines is 3. The first-order valence-corrected chi connectivity index (χ1v) is 61.5. The van der Waals surface area contributed by atoms with Crippen LogP contribution in [0.3, 0.4) is 0 Å². The van der Waals surface area contributed by atoms with Crippen LogP contribution in [-0.4, -0.2) is 266 Å². The van der Waals surface area contributed by atoms with E-state index in [1.807, 2.05) is 0 Å². The van der Waals surface area contributed by atoms with Crippen LogP contribution in [0, 0.1) is 20.8 Å². The van der Waals surface area contributed by atoms with Crippen LogP contribution >= 0.6 is 59.4 Å². The molecule has 7 aliphatic heterocycles. The Bertz CT molecular complexity index is 7560. The highest BCUT2D eigenvalue weighted by Gasteiger charge is 2.52. The third-order valence-corrected chi connectivity index (χ3v) is 34.3. The van der Waals surface area contributed by atoms with Crippen molar-refractivity contribution < 1.29 is 131 Å². The van der Waals surface area contributed by atoms with E-state index < -0.39 is 262 Å². The predicted molar refractivity (Wildman–Crippen MR) is 525 cm³/mol. The van der Waals surface area contributed by atoms with Gasteiger partial charge in [0.05, 0.1) is 108 Å². The summed E-state index contributed by atoms with van der Waals surface area (Å²) in [5.41, 5.74) is 26.9. The van der Waals surface area contributed by atoms with Crippen molar-refractivity contribution >= 4 is 204 Å². The summed E-state index contributed by atoms with van der Waals surface area (Å²) in [6, 6.07) is 0. The number of aromatic nitrogens is 22. The third kappa shape index (κ3) is 24.6. The number of hydrogen-bond donors (Lipinski definition) is 16. The minimum Gasteiger partial charge on any atom is -0.383 e. The molecule has 0 aliphatic carbocycles. The molecule has 18 rings (SSSR count). The Morgan fingerprint density at radius 3 is 1.02 bits per heavy atom. The summed E-state index contributed by atoms with van der Waals surface area (Å²) in [6.45, 7) is -30.6. The van der Waals surface area contributed by atoms with Crippen LogP contribution in [-0.2, 0) is 167 Å². The van der Waals surface area contributed by atoms with Crippen LogP contribution in [0.2, 0.25) is 0 Å². The summed E-state index contributed by atoms with van der Waals surface area (Å²) in [5, 5.41) is 0. The van der Waals surface area contributed by atoms with Crippen LogP contribution in [0.25, 0.3) is 44.7 Å². The number of anilines is 5. The van der Waals surface area contributed by atoms with Gasteiger partial charge in [0.15, 0.2) is 45.6 Å². The minimum atomic E-state index is -4.86. The third-order valence-electron chi connectivity index (χ3n) is 24.0. The molecular formula is C70H90N27O34P7S7. The van der Waals surface area contributed by atoms with Crippen molar-refractivity contribution in [2.45, 2.75) is 202 Å². The Balaban J connectivity index is 0.556. The molecule has 0 bridgehead atoms. The fourth-order valence-corrected chi connectivity index (χ4v) is 26.9. The molecule has 6 unspecified atom stereocenters. The number of nitrogens with zero attached hydrogens (tertiary/aromatic N) is 19. The first-order valence-electron chi connectivity index (χ1n) is 43.2. The number of nitrogens with two attached hydrogens (primary N) is 5. The van der Waals surface area contributed by atoms with Crippen LogP contribution in [0.15, 0.2) is 91.6 Å². The number of aryl methyl sites for hydroxylation is 3. The van der Waals surface area contributed by atoms with E-state index in [4.69, 9.17) is 191 Å². The second-order valence-electron chi connectivity index (χ2n) is 33.8. The minimum absolute atomic E-state index is 0.0118. The number of imidazole rings is 4. The zero-order chi connectivity index (χ0) is 103. The fraction of sp³-hybridized carbons (Fsp3) is 0.543. The highest BCUT2D eigenvalue weighted by atomic mass is 32.7. The van der Waals surface area contributed by atoms with Gasteiger partial charge >= 0.3 is 64.2 Å². The van der Waals surface area contributed by atoms with E-state index in [0.717, 1.165) is 20.0 Å². The van der Waals surface area contributed by atoms with Gasteiger partial charge in [0.2, 0.25) is 5.95 Å². The molecule has 27 atom stereocenters. The first kappa shape index (κ1) is 107. The molecule has 0 spiro atoms. The van der Waals surface area contributed by atoms with Gasteiger partial charge in [-0.25, -0.2) is 68.8 Å². The maximum atomic E-state index is 15.1. The van der Waals surface area contributed by atoms with Gasteiger partial charge in [-0.05, 0) is 98.5 Å². The zero-order valence-corrected chi connectivity index (χ0v) is 87.2. The summed E-state index contributed by atoms with van der Waals surface area (Å²) in [4.78, 5) is 217. The molecule has 7 aliphatic rings. The van der Waals surface area contributed by atoms with E-state index in [1.54, 1.807) is 18.4 Å². The van der Waals surface area contributed by atoms with Crippen molar-refractivity contribution in [3.63, 3.8) is 0 Å². The van der Waals surface area contributed by atoms with Gasteiger partial charge < -0.3 is 146 Å². The molecule has 786 valence electrons. The van der Waals surface area contributed by atoms with Gasteiger partial charge in [0, 0.05) is 80.2 Å². The molecule has 0 saturated carbocycles. The largest absolute Gasteiger partial charge is 0.386 e. The monoisotopic (exact) mass is 2290 g/mol. The molecule has 11 aromatic rings. The van der Waals surface area contributed by atoms with E-state index in [1.165, 1.54) is 84.1 Å². The number of hydrogen-bond acceptors (Lipinski definition) is 50. The van der Waals surface area contributed by atoms with Crippen molar-refractivity contribution in [1.82, 2.24) is 107 Å².